The third-order valence-electron chi connectivity index (χ3n) is 3.03. The zero-order valence-corrected chi connectivity index (χ0v) is 12.4. The summed E-state index contributed by atoms with van der Waals surface area (Å²) in [5, 5.41) is 0.813. The third-order valence-corrected chi connectivity index (χ3v) is 5.21. The van der Waals surface area contributed by atoms with Gasteiger partial charge in [0.2, 0.25) is 0 Å². The highest BCUT2D eigenvalue weighted by molar-refractivity contribution is 7.91. The number of benzene rings is 1. The van der Waals surface area contributed by atoms with Crippen LogP contribution in [0.3, 0.4) is 0 Å². The van der Waals surface area contributed by atoms with Crippen molar-refractivity contribution in [2.45, 2.75) is 0 Å². The van der Waals surface area contributed by atoms with Crippen LogP contribution in [0.25, 0.3) is 0 Å². The second-order valence-corrected chi connectivity index (χ2v) is 7.62. The van der Waals surface area contributed by atoms with E-state index in [2.05, 4.69) is 0 Å². The van der Waals surface area contributed by atoms with Crippen molar-refractivity contribution in [1.82, 2.24) is 4.90 Å². The number of ketones is 1. The van der Waals surface area contributed by atoms with Crippen LogP contribution in [-0.4, -0.2) is 50.2 Å². The van der Waals surface area contributed by atoms with Crippen molar-refractivity contribution in [3.8, 4) is 0 Å². The molecule has 1 aliphatic heterocycles. The van der Waals surface area contributed by atoms with E-state index in [0.717, 1.165) is 0 Å². The van der Waals surface area contributed by atoms with Gasteiger partial charge in [0.1, 0.15) is 0 Å². The summed E-state index contributed by atoms with van der Waals surface area (Å²) in [6, 6.07) is 4.73. The molecule has 0 N–H and O–H groups in total. The fraction of sp³-hybridized carbons (Fsp3) is 0.417. The van der Waals surface area contributed by atoms with E-state index in [9.17, 15) is 13.2 Å². The van der Waals surface area contributed by atoms with E-state index in [1.54, 1.807) is 12.1 Å². The van der Waals surface area contributed by atoms with E-state index in [1.165, 1.54) is 6.07 Å². The fourth-order valence-electron chi connectivity index (χ4n) is 1.91. The molecule has 1 aromatic carbocycles. The van der Waals surface area contributed by atoms with Crippen LogP contribution in [0.4, 0.5) is 0 Å². The molecule has 1 aromatic rings. The van der Waals surface area contributed by atoms with E-state index in [1.807, 2.05) is 4.90 Å². The van der Waals surface area contributed by atoms with Crippen LogP contribution in [0.15, 0.2) is 18.2 Å². The van der Waals surface area contributed by atoms with E-state index in [4.69, 9.17) is 23.2 Å². The van der Waals surface area contributed by atoms with Crippen LogP contribution in [-0.2, 0) is 9.84 Å². The molecule has 104 valence electrons. The first-order chi connectivity index (χ1) is 8.87. The van der Waals surface area contributed by atoms with Crippen molar-refractivity contribution < 1.29 is 13.2 Å². The van der Waals surface area contributed by atoms with Crippen LogP contribution in [0, 0.1) is 0 Å². The summed E-state index contributed by atoms with van der Waals surface area (Å²) in [5.41, 5.74) is 0.377. The molecular formula is C12H13Cl2NO3S. The van der Waals surface area contributed by atoms with Gasteiger partial charge in [-0.25, -0.2) is 8.42 Å². The summed E-state index contributed by atoms with van der Waals surface area (Å²) in [6.07, 6.45) is 0. The van der Waals surface area contributed by atoms with Gasteiger partial charge in [-0.2, -0.15) is 0 Å². The number of carbonyl (C=O) groups excluding carboxylic acids is 1. The van der Waals surface area contributed by atoms with Crippen LogP contribution in [0.5, 0.6) is 0 Å². The molecule has 0 amide bonds. The lowest BCUT2D eigenvalue weighted by Crippen LogP contribution is -2.42. The normalized spacial score (nSPS) is 19.3. The number of Topliss-reactive ketones (excluding diaryl/α,β-unsaturated/α-hetero) is 1. The predicted molar refractivity (Wildman–Crippen MR) is 75.9 cm³/mol. The number of hydrogen-bond donors (Lipinski definition) is 0. The molecule has 0 aromatic heterocycles. The topological polar surface area (TPSA) is 54.5 Å². The molecule has 1 heterocycles. The molecule has 0 aliphatic carbocycles. The van der Waals surface area contributed by atoms with Crippen molar-refractivity contribution in [2.24, 2.45) is 0 Å². The number of halogens is 2. The quantitative estimate of drug-likeness (QED) is 0.798. The number of sulfone groups is 1. The van der Waals surface area contributed by atoms with Crippen LogP contribution >= 0.6 is 23.2 Å². The van der Waals surface area contributed by atoms with Gasteiger partial charge in [0, 0.05) is 23.7 Å². The second kappa shape index (κ2) is 5.79. The Hall–Kier alpha value is -0.620. The monoisotopic (exact) mass is 321 g/mol. The van der Waals surface area contributed by atoms with Crippen LogP contribution in [0.2, 0.25) is 10.0 Å². The van der Waals surface area contributed by atoms with Gasteiger partial charge in [-0.3, -0.25) is 9.69 Å². The minimum Gasteiger partial charge on any atom is -0.294 e. The Morgan fingerprint density at radius 1 is 1.21 bits per heavy atom. The van der Waals surface area contributed by atoms with Gasteiger partial charge < -0.3 is 0 Å². The lowest BCUT2D eigenvalue weighted by molar-refractivity contribution is 0.0936. The van der Waals surface area contributed by atoms with Crippen molar-refractivity contribution in [1.29, 1.82) is 0 Å². The summed E-state index contributed by atoms with van der Waals surface area (Å²) in [7, 11) is -2.93. The maximum Gasteiger partial charge on any atom is 0.178 e. The number of nitrogens with zero attached hydrogens (tertiary/aromatic N) is 1. The number of rotatable bonds is 3. The molecule has 0 unspecified atom stereocenters. The van der Waals surface area contributed by atoms with Crippen molar-refractivity contribution >= 4 is 38.8 Å². The summed E-state index contributed by atoms with van der Waals surface area (Å²) in [6.45, 7) is 0.925. The average Bonchev–Trinajstić information content (AvgIpc) is 2.35. The minimum absolute atomic E-state index is 0.101. The Morgan fingerprint density at radius 3 is 2.47 bits per heavy atom. The Labute approximate surface area is 122 Å². The van der Waals surface area contributed by atoms with E-state index in [0.29, 0.717) is 28.7 Å². The molecule has 0 bridgehead atoms. The van der Waals surface area contributed by atoms with Crippen molar-refractivity contribution in [3.05, 3.63) is 33.8 Å². The molecule has 0 atom stereocenters. The predicted octanol–water partition coefficient (Wildman–Crippen LogP) is 1.91. The molecule has 0 spiro atoms. The molecule has 1 saturated heterocycles. The van der Waals surface area contributed by atoms with Crippen molar-refractivity contribution in [3.63, 3.8) is 0 Å². The first-order valence-electron chi connectivity index (χ1n) is 5.78. The van der Waals surface area contributed by atoms with E-state index < -0.39 is 9.84 Å². The zero-order valence-electron chi connectivity index (χ0n) is 10.1. The smallest absolute Gasteiger partial charge is 0.178 e. The third kappa shape index (κ3) is 3.92. The summed E-state index contributed by atoms with van der Waals surface area (Å²) >= 11 is 11.8. The fourth-order valence-corrected chi connectivity index (χ4v) is 3.58. The highest BCUT2D eigenvalue weighted by atomic mass is 35.5. The van der Waals surface area contributed by atoms with Gasteiger partial charge in [-0.05, 0) is 18.2 Å². The standard InChI is InChI=1S/C12H13Cl2NO3S/c13-9-1-2-11(14)10(7-9)12(16)8-15-3-5-19(17,18)6-4-15/h1-2,7H,3-6,8H2. The molecule has 7 heteroatoms. The zero-order chi connectivity index (χ0) is 14.0. The lowest BCUT2D eigenvalue weighted by Gasteiger charge is -2.25. The molecule has 0 radical (unpaired) electrons. The first-order valence-corrected chi connectivity index (χ1v) is 8.36. The van der Waals surface area contributed by atoms with Crippen molar-refractivity contribution in [2.75, 3.05) is 31.1 Å². The highest BCUT2D eigenvalue weighted by Gasteiger charge is 2.24. The maximum atomic E-state index is 12.1. The number of carbonyl (C=O) groups is 1. The highest BCUT2D eigenvalue weighted by Crippen LogP contribution is 2.21. The van der Waals surface area contributed by atoms with Gasteiger partial charge in [-0.15, -0.1) is 0 Å². The maximum absolute atomic E-state index is 12.1. The second-order valence-electron chi connectivity index (χ2n) is 4.48. The molecular weight excluding hydrogens is 309 g/mol. The Kier molecular flexibility index (Phi) is 4.50. The first kappa shape index (κ1) is 14.8. The lowest BCUT2D eigenvalue weighted by atomic mass is 10.1. The van der Waals surface area contributed by atoms with Gasteiger partial charge in [0.15, 0.2) is 15.6 Å². The Morgan fingerprint density at radius 2 is 1.84 bits per heavy atom. The number of hydrogen-bond acceptors (Lipinski definition) is 4. The van der Waals surface area contributed by atoms with Gasteiger partial charge in [-0.1, -0.05) is 23.2 Å². The molecule has 0 saturated carbocycles. The van der Waals surface area contributed by atoms with Gasteiger partial charge in [0.25, 0.3) is 0 Å². The molecule has 1 aliphatic rings. The van der Waals surface area contributed by atoms with Crippen LogP contribution < -0.4 is 0 Å². The summed E-state index contributed by atoms with van der Waals surface area (Å²) < 4.78 is 22.6. The SMILES string of the molecule is O=C(CN1CCS(=O)(=O)CC1)c1cc(Cl)ccc1Cl. The minimum atomic E-state index is -2.93. The summed E-state index contributed by atoms with van der Waals surface area (Å²) in [5.74, 6) is 0.0550. The van der Waals surface area contributed by atoms with Crippen LogP contribution in [0.1, 0.15) is 10.4 Å². The Bertz CT molecular complexity index is 587. The van der Waals surface area contributed by atoms with E-state index >= 15 is 0 Å². The largest absolute Gasteiger partial charge is 0.294 e. The van der Waals surface area contributed by atoms with E-state index in [-0.39, 0.29) is 23.8 Å². The molecule has 19 heavy (non-hydrogen) atoms. The Balaban J connectivity index is 2.04. The molecule has 1 fully saturated rings. The summed E-state index contributed by atoms with van der Waals surface area (Å²) in [4.78, 5) is 13.9. The van der Waals surface area contributed by atoms with Gasteiger partial charge in [0.05, 0.1) is 23.1 Å². The molecule has 4 nitrogen and oxygen atoms in total. The molecule has 2 rings (SSSR count). The average molecular weight is 322 g/mol. The van der Waals surface area contributed by atoms with Gasteiger partial charge >= 0.3 is 0 Å².